The van der Waals surface area contributed by atoms with Crippen LogP contribution in [-0.4, -0.2) is 30.9 Å². The van der Waals surface area contributed by atoms with E-state index < -0.39 is 0 Å². The highest BCUT2D eigenvalue weighted by molar-refractivity contribution is 7.80. The van der Waals surface area contributed by atoms with E-state index in [9.17, 15) is 0 Å². The molecule has 2 N–H and O–H groups in total. The molecule has 3 nitrogen and oxygen atoms in total. The van der Waals surface area contributed by atoms with Crippen molar-refractivity contribution in [1.82, 2.24) is 10.6 Å². The molecule has 0 bridgehead atoms. The number of nitrogens with one attached hydrogen (secondary N) is 2. The van der Waals surface area contributed by atoms with Gasteiger partial charge in [-0.3, -0.25) is 0 Å². The quantitative estimate of drug-likeness (QED) is 0.538. The van der Waals surface area contributed by atoms with E-state index in [0.717, 1.165) is 31.2 Å². The normalized spacial score (nSPS) is 20.8. The Morgan fingerprint density at radius 3 is 3.00 bits per heavy atom. The third-order valence-electron chi connectivity index (χ3n) is 2.33. The maximum atomic E-state index is 5.48. The Balaban J connectivity index is 1.96. The first-order valence-electron chi connectivity index (χ1n) is 5.46. The highest BCUT2D eigenvalue weighted by Crippen LogP contribution is 2.10. The first-order chi connectivity index (χ1) is 6.83. The average Bonchev–Trinajstić information content (AvgIpc) is 2.68. The molecular weight excluding hydrogens is 196 g/mol. The molecule has 0 aromatic heterocycles. The van der Waals surface area contributed by atoms with E-state index in [1.54, 1.807) is 0 Å². The summed E-state index contributed by atoms with van der Waals surface area (Å²) in [6, 6.07) is 0. The van der Waals surface area contributed by atoms with Crippen molar-refractivity contribution in [1.29, 1.82) is 0 Å². The van der Waals surface area contributed by atoms with Gasteiger partial charge in [0.05, 0.1) is 6.10 Å². The van der Waals surface area contributed by atoms with Crippen molar-refractivity contribution < 1.29 is 4.74 Å². The smallest absolute Gasteiger partial charge is 0.166 e. The number of hydrogen-bond donors (Lipinski definition) is 2. The minimum absolute atomic E-state index is 0.362. The Kier molecular flexibility index (Phi) is 5.87. The maximum absolute atomic E-state index is 5.48. The van der Waals surface area contributed by atoms with E-state index in [0.29, 0.717) is 6.10 Å². The van der Waals surface area contributed by atoms with Crippen LogP contribution >= 0.6 is 12.2 Å². The lowest BCUT2D eigenvalue weighted by Crippen LogP contribution is -2.39. The molecule has 1 unspecified atom stereocenters. The van der Waals surface area contributed by atoms with Crippen LogP contribution in [0, 0.1) is 0 Å². The second-order valence-corrected chi connectivity index (χ2v) is 4.03. The van der Waals surface area contributed by atoms with Crippen LogP contribution in [0.25, 0.3) is 0 Å². The molecule has 4 heteroatoms. The van der Waals surface area contributed by atoms with Crippen LogP contribution in [-0.2, 0) is 4.74 Å². The van der Waals surface area contributed by atoms with Gasteiger partial charge in [0, 0.05) is 19.7 Å². The lowest BCUT2D eigenvalue weighted by atomic mass is 10.2. The minimum atomic E-state index is 0.362. The first kappa shape index (κ1) is 11.7. The molecule has 82 valence electrons. The van der Waals surface area contributed by atoms with Crippen molar-refractivity contribution in [3.8, 4) is 0 Å². The highest BCUT2D eigenvalue weighted by Gasteiger charge is 2.14. The van der Waals surface area contributed by atoms with E-state index in [-0.39, 0.29) is 0 Å². The molecule has 0 aliphatic carbocycles. The van der Waals surface area contributed by atoms with Gasteiger partial charge in [0.2, 0.25) is 0 Å². The van der Waals surface area contributed by atoms with Crippen LogP contribution < -0.4 is 10.6 Å². The van der Waals surface area contributed by atoms with Crippen LogP contribution in [0.1, 0.15) is 32.6 Å². The van der Waals surface area contributed by atoms with E-state index in [4.69, 9.17) is 17.0 Å². The molecule has 0 amide bonds. The van der Waals surface area contributed by atoms with Gasteiger partial charge in [-0.05, 0) is 31.5 Å². The van der Waals surface area contributed by atoms with Gasteiger partial charge in [0.15, 0.2) is 5.11 Å². The Morgan fingerprint density at radius 2 is 2.36 bits per heavy atom. The van der Waals surface area contributed by atoms with Crippen molar-refractivity contribution in [2.24, 2.45) is 0 Å². The van der Waals surface area contributed by atoms with Gasteiger partial charge in [-0.25, -0.2) is 0 Å². The summed E-state index contributed by atoms with van der Waals surface area (Å²) >= 11 is 5.12. The van der Waals surface area contributed by atoms with Crippen LogP contribution in [0.15, 0.2) is 0 Å². The Hall–Kier alpha value is -0.350. The number of hydrogen-bond acceptors (Lipinski definition) is 2. The molecule has 1 fully saturated rings. The summed E-state index contributed by atoms with van der Waals surface area (Å²) < 4.78 is 5.48. The molecule has 0 radical (unpaired) electrons. The van der Waals surface area contributed by atoms with Gasteiger partial charge in [-0.1, -0.05) is 13.3 Å². The van der Waals surface area contributed by atoms with Crippen LogP contribution in [0.3, 0.4) is 0 Å². The maximum Gasteiger partial charge on any atom is 0.166 e. The predicted molar refractivity (Wildman–Crippen MR) is 62.5 cm³/mol. The zero-order valence-electron chi connectivity index (χ0n) is 8.84. The van der Waals surface area contributed by atoms with Crippen LogP contribution in [0.5, 0.6) is 0 Å². The van der Waals surface area contributed by atoms with Crippen molar-refractivity contribution >= 4 is 17.3 Å². The minimum Gasteiger partial charge on any atom is -0.376 e. The van der Waals surface area contributed by atoms with E-state index in [1.165, 1.54) is 19.3 Å². The lowest BCUT2D eigenvalue weighted by Gasteiger charge is -2.13. The fourth-order valence-electron chi connectivity index (χ4n) is 1.45. The van der Waals surface area contributed by atoms with Crippen molar-refractivity contribution in [3.63, 3.8) is 0 Å². The molecule has 1 rings (SSSR count). The van der Waals surface area contributed by atoms with Gasteiger partial charge in [0.1, 0.15) is 0 Å². The molecule has 0 aromatic carbocycles. The molecule has 0 saturated carbocycles. The summed E-state index contributed by atoms with van der Waals surface area (Å²) in [6.07, 6.45) is 5.07. The van der Waals surface area contributed by atoms with E-state index >= 15 is 0 Å². The van der Waals surface area contributed by atoms with Crippen molar-refractivity contribution in [3.05, 3.63) is 0 Å². The lowest BCUT2D eigenvalue weighted by molar-refractivity contribution is 0.114. The second-order valence-electron chi connectivity index (χ2n) is 3.63. The summed E-state index contributed by atoms with van der Waals surface area (Å²) in [5.41, 5.74) is 0. The molecule has 14 heavy (non-hydrogen) atoms. The summed E-state index contributed by atoms with van der Waals surface area (Å²) in [6.45, 7) is 4.89. The standard InChI is InChI=1S/C10H20N2OS/c1-2-3-6-11-10(14)12-8-9-5-4-7-13-9/h9H,2-8H2,1H3,(H2,11,12,14). The van der Waals surface area contributed by atoms with Crippen LogP contribution in [0.4, 0.5) is 0 Å². The second kappa shape index (κ2) is 7.01. The molecule has 1 atom stereocenters. The number of thiocarbonyl (C=S) groups is 1. The summed E-state index contributed by atoms with van der Waals surface area (Å²) in [4.78, 5) is 0. The average molecular weight is 216 g/mol. The van der Waals surface area contributed by atoms with Crippen molar-refractivity contribution in [2.45, 2.75) is 38.7 Å². The fourth-order valence-corrected chi connectivity index (χ4v) is 1.64. The molecule has 1 aliphatic heterocycles. The first-order valence-corrected chi connectivity index (χ1v) is 5.87. The molecule has 1 aliphatic rings. The van der Waals surface area contributed by atoms with Gasteiger partial charge in [0.25, 0.3) is 0 Å². The molecule has 1 saturated heterocycles. The third-order valence-corrected chi connectivity index (χ3v) is 2.62. The Morgan fingerprint density at radius 1 is 1.50 bits per heavy atom. The van der Waals surface area contributed by atoms with Gasteiger partial charge < -0.3 is 15.4 Å². The number of unbranched alkanes of at least 4 members (excludes halogenated alkanes) is 1. The van der Waals surface area contributed by atoms with Crippen molar-refractivity contribution in [2.75, 3.05) is 19.7 Å². The topological polar surface area (TPSA) is 33.3 Å². The molecular formula is C10H20N2OS. The molecule has 1 heterocycles. The third kappa shape index (κ3) is 4.77. The highest BCUT2D eigenvalue weighted by atomic mass is 32.1. The monoisotopic (exact) mass is 216 g/mol. The zero-order chi connectivity index (χ0) is 10.2. The summed E-state index contributed by atoms with van der Waals surface area (Å²) in [5, 5.41) is 7.11. The Labute approximate surface area is 91.6 Å². The number of ether oxygens (including phenoxy) is 1. The van der Waals surface area contributed by atoms with Gasteiger partial charge >= 0.3 is 0 Å². The fraction of sp³-hybridized carbons (Fsp3) is 0.900. The number of rotatable bonds is 5. The Bertz CT molecular complexity index is 170. The largest absolute Gasteiger partial charge is 0.376 e. The molecule has 0 aromatic rings. The van der Waals surface area contributed by atoms with E-state index in [1.807, 2.05) is 0 Å². The zero-order valence-corrected chi connectivity index (χ0v) is 9.66. The van der Waals surface area contributed by atoms with Crippen LogP contribution in [0.2, 0.25) is 0 Å². The SMILES string of the molecule is CCCCNC(=S)NCC1CCCO1. The van der Waals surface area contributed by atoms with Gasteiger partial charge in [-0.2, -0.15) is 0 Å². The summed E-state index contributed by atoms with van der Waals surface area (Å²) in [5.74, 6) is 0. The summed E-state index contributed by atoms with van der Waals surface area (Å²) in [7, 11) is 0. The van der Waals surface area contributed by atoms with E-state index in [2.05, 4.69) is 17.6 Å². The van der Waals surface area contributed by atoms with Gasteiger partial charge in [-0.15, -0.1) is 0 Å². The molecule has 0 spiro atoms. The predicted octanol–water partition coefficient (Wildman–Crippen LogP) is 1.43.